The molecule has 10 heteroatoms. The second kappa shape index (κ2) is 11.5. The normalized spacial score (nSPS) is 19.6. The van der Waals surface area contributed by atoms with E-state index in [1.165, 1.54) is 0 Å². The number of likely N-dealkylation sites (N-methyl/N-ethyl adjacent to an activating group) is 1. The monoisotopic (exact) mass is 432 g/mol. The fourth-order valence-electron chi connectivity index (χ4n) is 2.82. The number of carboxylic acids is 1. The summed E-state index contributed by atoms with van der Waals surface area (Å²) < 4.78 is 17.0. The first-order valence-electron chi connectivity index (χ1n) is 10.3. The number of carbonyl (C=O) groups excluding carboxylic acids is 2. The molecular formula is C20H38N3O7+. The fraction of sp³-hybridized carbons (Fsp3) is 0.850. The predicted molar refractivity (Wildman–Crippen MR) is 110 cm³/mol. The lowest BCUT2D eigenvalue weighted by Gasteiger charge is -2.26. The van der Waals surface area contributed by atoms with Crippen LogP contribution >= 0.6 is 0 Å². The molecule has 0 spiro atoms. The minimum absolute atomic E-state index is 0.0958. The molecule has 2 N–H and O–H groups in total. The Kier molecular flexibility index (Phi) is 9.99. The van der Waals surface area contributed by atoms with Crippen LogP contribution in [-0.4, -0.2) is 111 Å². The number of likely N-dealkylation sites (tertiary alicyclic amines) is 1. The van der Waals surface area contributed by atoms with E-state index >= 15 is 0 Å². The van der Waals surface area contributed by atoms with E-state index in [-0.39, 0.29) is 31.9 Å². The van der Waals surface area contributed by atoms with E-state index in [0.29, 0.717) is 19.8 Å². The third-order valence-electron chi connectivity index (χ3n) is 4.33. The highest BCUT2D eigenvalue weighted by molar-refractivity contribution is 5.82. The molecule has 0 bridgehead atoms. The first kappa shape index (κ1) is 26.1. The van der Waals surface area contributed by atoms with Crippen molar-refractivity contribution in [3.05, 3.63) is 0 Å². The van der Waals surface area contributed by atoms with Gasteiger partial charge in [-0.1, -0.05) is 0 Å². The number of carbonyl (C=O) groups is 3. The number of rotatable bonds is 11. The molecule has 174 valence electrons. The van der Waals surface area contributed by atoms with Crippen LogP contribution in [0.4, 0.5) is 4.79 Å². The van der Waals surface area contributed by atoms with Crippen LogP contribution in [0.2, 0.25) is 0 Å². The predicted octanol–water partition coefficient (Wildman–Crippen LogP) is 0.695. The number of ether oxygens (including phenoxy) is 3. The summed E-state index contributed by atoms with van der Waals surface area (Å²) >= 11 is 0. The van der Waals surface area contributed by atoms with Crippen LogP contribution in [-0.2, 0) is 23.8 Å². The largest absolute Gasteiger partial charge is 0.480 e. The minimum Gasteiger partial charge on any atom is -0.480 e. The van der Waals surface area contributed by atoms with Gasteiger partial charge in [0.05, 0.1) is 47.6 Å². The van der Waals surface area contributed by atoms with Crippen molar-refractivity contribution < 1.29 is 38.2 Å². The van der Waals surface area contributed by atoms with Crippen molar-refractivity contribution in [1.82, 2.24) is 10.2 Å². The number of aliphatic carboxylic acids is 1. The standard InChI is InChI=1S/C20H37N3O7/c1-20(2,3)30-19(27)22-14-15(13-16(22)18(25)26)21-17(24)7-9-28-11-12-29-10-8-23(4,5)6/h15-16H,7-14H2,1-6H3,(H-,21,24,25,26)/p+1/t15-,16+/m0/s1. The molecule has 0 aromatic heterocycles. The number of quaternary nitrogens is 1. The lowest BCUT2D eigenvalue weighted by Crippen LogP contribution is -2.44. The number of nitrogens with zero attached hydrogens (tertiary/aromatic N) is 2. The average Bonchev–Trinajstić information content (AvgIpc) is 2.99. The van der Waals surface area contributed by atoms with Crippen LogP contribution in [0.15, 0.2) is 0 Å². The average molecular weight is 433 g/mol. The van der Waals surface area contributed by atoms with Gasteiger partial charge in [-0.05, 0) is 20.8 Å². The van der Waals surface area contributed by atoms with Crippen molar-refractivity contribution in [2.24, 2.45) is 0 Å². The fourth-order valence-corrected chi connectivity index (χ4v) is 2.82. The third-order valence-corrected chi connectivity index (χ3v) is 4.33. The van der Waals surface area contributed by atoms with Crippen molar-refractivity contribution >= 4 is 18.0 Å². The molecule has 1 rings (SSSR count). The van der Waals surface area contributed by atoms with Crippen LogP contribution < -0.4 is 5.32 Å². The Hall–Kier alpha value is -1.91. The molecule has 0 saturated carbocycles. The van der Waals surface area contributed by atoms with E-state index in [1.807, 2.05) is 0 Å². The Bertz CT molecular complexity index is 584. The maximum atomic E-state index is 12.3. The quantitative estimate of drug-likeness (QED) is 0.365. The lowest BCUT2D eigenvalue weighted by molar-refractivity contribution is -0.870. The first-order valence-corrected chi connectivity index (χ1v) is 10.3. The van der Waals surface area contributed by atoms with Gasteiger partial charge in [-0.15, -0.1) is 0 Å². The second-order valence-corrected chi connectivity index (χ2v) is 9.48. The number of carboxylic acid groups (broad SMARTS) is 1. The number of amides is 2. The summed E-state index contributed by atoms with van der Waals surface area (Å²) in [6, 6.07) is -1.46. The van der Waals surface area contributed by atoms with Crippen LogP contribution in [0, 0.1) is 0 Å². The van der Waals surface area contributed by atoms with Crippen molar-refractivity contribution in [3.63, 3.8) is 0 Å². The Balaban J connectivity index is 2.30. The smallest absolute Gasteiger partial charge is 0.411 e. The molecule has 0 aromatic rings. The van der Waals surface area contributed by atoms with Gasteiger partial charge in [0.25, 0.3) is 0 Å². The SMILES string of the molecule is CC(C)(C)OC(=O)N1C[C@@H](NC(=O)CCOCCOCC[N+](C)(C)C)C[C@@H]1C(=O)O. The molecule has 2 amide bonds. The number of hydrogen-bond acceptors (Lipinski definition) is 6. The van der Waals surface area contributed by atoms with Gasteiger partial charge in [0.2, 0.25) is 5.91 Å². The molecule has 0 aromatic carbocycles. The van der Waals surface area contributed by atoms with Gasteiger partial charge in [-0.3, -0.25) is 9.69 Å². The summed E-state index contributed by atoms with van der Waals surface area (Å²) in [6.07, 6.45) is -0.402. The van der Waals surface area contributed by atoms with Crippen LogP contribution in [0.25, 0.3) is 0 Å². The molecule has 10 nitrogen and oxygen atoms in total. The highest BCUT2D eigenvalue weighted by Gasteiger charge is 2.42. The first-order chi connectivity index (χ1) is 13.8. The zero-order valence-electron chi connectivity index (χ0n) is 19.1. The maximum Gasteiger partial charge on any atom is 0.411 e. The zero-order valence-corrected chi connectivity index (χ0v) is 19.1. The van der Waals surface area contributed by atoms with Gasteiger partial charge in [-0.2, -0.15) is 0 Å². The topological polar surface area (TPSA) is 114 Å². The summed E-state index contributed by atoms with van der Waals surface area (Å²) in [7, 11) is 6.27. The van der Waals surface area contributed by atoms with Gasteiger partial charge in [0.15, 0.2) is 0 Å². The highest BCUT2D eigenvalue weighted by atomic mass is 16.6. The van der Waals surface area contributed by atoms with Crippen molar-refractivity contribution in [3.8, 4) is 0 Å². The Morgan fingerprint density at radius 2 is 1.67 bits per heavy atom. The van der Waals surface area contributed by atoms with Crippen LogP contribution in [0.1, 0.15) is 33.6 Å². The molecular weight excluding hydrogens is 394 g/mol. The number of hydrogen-bond donors (Lipinski definition) is 2. The van der Waals surface area contributed by atoms with E-state index in [1.54, 1.807) is 20.8 Å². The Morgan fingerprint density at radius 1 is 1.07 bits per heavy atom. The van der Waals surface area contributed by atoms with Gasteiger partial charge in [-0.25, -0.2) is 9.59 Å². The Morgan fingerprint density at radius 3 is 2.20 bits per heavy atom. The summed E-state index contributed by atoms with van der Waals surface area (Å²) in [4.78, 5) is 37.0. The van der Waals surface area contributed by atoms with Gasteiger partial charge in [0.1, 0.15) is 18.2 Å². The molecule has 1 aliphatic rings. The van der Waals surface area contributed by atoms with Gasteiger partial charge in [0, 0.05) is 25.4 Å². The van der Waals surface area contributed by atoms with Crippen LogP contribution in [0.3, 0.4) is 0 Å². The molecule has 1 fully saturated rings. The zero-order chi connectivity index (χ0) is 22.9. The molecule has 2 atom stereocenters. The molecule has 0 unspecified atom stereocenters. The van der Waals surface area contributed by atoms with Crippen LogP contribution in [0.5, 0.6) is 0 Å². The molecule has 1 aliphatic heterocycles. The van der Waals surface area contributed by atoms with E-state index in [9.17, 15) is 19.5 Å². The highest BCUT2D eigenvalue weighted by Crippen LogP contribution is 2.21. The van der Waals surface area contributed by atoms with Gasteiger partial charge >= 0.3 is 12.1 Å². The molecule has 1 saturated heterocycles. The van der Waals surface area contributed by atoms with Gasteiger partial charge < -0.3 is 29.1 Å². The van der Waals surface area contributed by atoms with E-state index in [2.05, 4.69) is 26.5 Å². The second-order valence-electron chi connectivity index (χ2n) is 9.48. The molecule has 1 heterocycles. The summed E-state index contributed by atoms with van der Waals surface area (Å²) in [5.74, 6) is -1.37. The summed E-state index contributed by atoms with van der Waals surface area (Å²) in [5.41, 5.74) is -0.728. The van der Waals surface area contributed by atoms with E-state index in [0.717, 1.165) is 15.9 Å². The minimum atomic E-state index is -1.12. The number of nitrogens with one attached hydrogen (secondary N) is 1. The molecule has 30 heavy (non-hydrogen) atoms. The van der Waals surface area contributed by atoms with Crippen molar-refractivity contribution in [2.75, 3.05) is 60.7 Å². The molecule has 0 aliphatic carbocycles. The summed E-state index contributed by atoms with van der Waals surface area (Å²) in [5, 5.41) is 12.2. The van der Waals surface area contributed by atoms with E-state index < -0.39 is 29.7 Å². The van der Waals surface area contributed by atoms with Crippen molar-refractivity contribution in [2.45, 2.75) is 51.3 Å². The Labute approximate surface area is 179 Å². The van der Waals surface area contributed by atoms with Crippen molar-refractivity contribution in [1.29, 1.82) is 0 Å². The lowest BCUT2D eigenvalue weighted by atomic mass is 10.1. The maximum absolute atomic E-state index is 12.3. The third kappa shape index (κ3) is 10.7. The molecule has 0 radical (unpaired) electrons. The summed E-state index contributed by atoms with van der Waals surface area (Å²) in [6.45, 7) is 7.90. The van der Waals surface area contributed by atoms with E-state index in [4.69, 9.17) is 14.2 Å².